The van der Waals surface area contributed by atoms with E-state index in [2.05, 4.69) is 0 Å². The molecule has 0 radical (unpaired) electrons. The summed E-state index contributed by atoms with van der Waals surface area (Å²) in [4.78, 5) is 26.6. The Morgan fingerprint density at radius 3 is 2.46 bits per heavy atom. The highest BCUT2D eigenvalue weighted by molar-refractivity contribution is 7.91. The van der Waals surface area contributed by atoms with Gasteiger partial charge >= 0.3 is 5.97 Å². The third kappa shape index (κ3) is 5.37. The van der Waals surface area contributed by atoms with Crippen LogP contribution in [0.2, 0.25) is 0 Å². The van der Waals surface area contributed by atoms with Crippen LogP contribution in [0.4, 0.5) is 0 Å². The molecule has 8 nitrogen and oxygen atoms in total. The van der Waals surface area contributed by atoms with Crippen molar-refractivity contribution < 1.29 is 32.2 Å². The molecule has 0 saturated carbocycles. The molecule has 9 heteroatoms. The van der Waals surface area contributed by atoms with E-state index in [0.717, 1.165) is 0 Å². The number of benzene rings is 1. The number of nitrogens with zero attached hydrogens (tertiary/aromatic N) is 1. The summed E-state index contributed by atoms with van der Waals surface area (Å²) in [7, 11) is -0.271. The number of para-hydroxylation sites is 1. The van der Waals surface area contributed by atoms with E-state index in [4.69, 9.17) is 14.2 Å². The van der Waals surface area contributed by atoms with Crippen LogP contribution < -0.4 is 9.47 Å². The van der Waals surface area contributed by atoms with Crippen LogP contribution in [0, 0.1) is 5.92 Å². The molecule has 1 aromatic carbocycles. The van der Waals surface area contributed by atoms with Crippen LogP contribution in [0.1, 0.15) is 30.6 Å². The quantitative estimate of drug-likeness (QED) is 0.596. The highest BCUT2D eigenvalue weighted by Crippen LogP contribution is 2.31. The summed E-state index contributed by atoms with van der Waals surface area (Å²) in [6.07, 6.45) is 0.401. The van der Waals surface area contributed by atoms with Gasteiger partial charge in [-0.05, 0) is 24.5 Å². The van der Waals surface area contributed by atoms with E-state index >= 15 is 0 Å². The highest BCUT2D eigenvalue weighted by Gasteiger charge is 2.35. The first-order valence-electron chi connectivity index (χ1n) is 9.06. The molecule has 0 aromatic heterocycles. The minimum Gasteiger partial charge on any atom is -0.493 e. The summed E-state index contributed by atoms with van der Waals surface area (Å²) in [6.45, 7) is 3.81. The van der Waals surface area contributed by atoms with Crippen molar-refractivity contribution in [2.75, 3.05) is 38.9 Å². The maximum absolute atomic E-state index is 12.7. The number of sulfone groups is 1. The number of esters is 1. The predicted octanol–water partition coefficient (Wildman–Crippen LogP) is 1.53. The molecule has 1 aliphatic rings. The number of carbonyl (C=O) groups excluding carboxylic acids is 2. The number of ether oxygens (including phenoxy) is 3. The minimum absolute atomic E-state index is 0.0525. The van der Waals surface area contributed by atoms with E-state index < -0.39 is 28.3 Å². The molecule has 0 spiro atoms. The van der Waals surface area contributed by atoms with Crippen molar-refractivity contribution in [3.05, 3.63) is 23.8 Å². The van der Waals surface area contributed by atoms with Crippen molar-refractivity contribution in [3.63, 3.8) is 0 Å². The zero-order valence-corrected chi connectivity index (χ0v) is 17.5. The Morgan fingerprint density at radius 2 is 1.93 bits per heavy atom. The molecule has 1 unspecified atom stereocenters. The summed E-state index contributed by atoms with van der Waals surface area (Å²) in [5.41, 5.74) is 0.147. The normalized spacial score (nSPS) is 18.0. The van der Waals surface area contributed by atoms with Crippen LogP contribution in [-0.2, 0) is 19.4 Å². The van der Waals surface area contributed by atoms with Gasteiger partial charge in [-0.2, -0.15) is 0 Å². The van der Waals surface area contributed by atoms with Gasteiger partial charge in [-0.15, -0.1) is 0 Å². The maximum Gasteiger partial charge on any atom is 0.342 e. The lowest BCUT2D eigenvalue weighted by Crippen LogP contribution is -2.45. The molecular weight excluding hydrogens is 386 g/mol. The van der Waals surface area contributed by atoms with Crippen LogP contribution in [0.3, 0.4) is 0 Å². The Morgan fingerprint density at radius 1 is 1.21 bits per heavy atom. The number of rotatable bonds is 8. The van der Waals surface area contributed by atoms with Gasteiger partial charge in [0, 0.05) is 12.6 Å². The Labute approximate surface area is 165 Å². The summed E-state index contributed by atoms with van der Waals surface area (Å²) in [5.74, 6) is -0.354. The summed E-state index contributed by atoms with van der Waals surface area (Å²) in [6, 6.07) is 4.40. The van der Waals surface area contributed by atoms with E-state index in [1.165, 1.54) is 25.2 Å². The number of carbonyl (C=O) groups is 2. The third-order valence-electron chi connectivity index (χ3n) is 4.48. The van der Waals surface area contributed by atoms with Gasteiger partial charge in [0.1, 0.15) is 5.56 Å². The Hall–Kier alpha value is -2.29. The fraction of sp³-hybridized carbons (Fsp3) is 0.579. The van der Waals surface area contributed by atoms with Gasteiger partial charge in [-0.25, -0.2) is 13.2 Å². The van der Waals surface area contributed by atoms with E-state index in [1.54, 1.807) is 12.1 Å². The lowest BCUT2D eigenvalue weighted by atomic mass is 10.1. The molecule has 1 heterocycles. The highest BCUT2D eigenvalue weighted by atomic mass is 32.2. The molecule has 156 valence electrons. The van der Waals surface area contributed by atoms with Crippen molar-refractivity contribution in [3.8, 4) is 11.5 Å². The molecule has 0 N–H and O–H groups in total. The topological polar surface area (TPSA) is 99.2 Å². The first-order valence-corrected chi connectivity index (χ1v) is 10.9. The summed E-state index contributed by atoms with van der Waals surface area (Å²) < 4.78 is 39.1. The van der Waals surface area contributed by atoms with Gasteiger partial charge in [-0.3, -0.25) is 4.79 Å². The second-order valence-electron chi connectivity index (χ2n) is 7.11. The fourth-order valence-corrected chi connectivity index (χ4v) is 4.94. The second kappa shape index (κ2) is 9.27. The standard InChI is InChI=1S/C19H27NO7S/c1-13(2)10-20(14-8-9-28(23,24)12-14)17(21)11-27-19(22)15-6-5-7-16(25-3)18(15)26-4/h5-7,13-14H,8-12H2,1-4H3. The van der Waals surface area contributed by atoms with E-state index in [-0.39, 0.29) is 34.8 Å². The monoisotopic (exact) mass is 413 g/mol. The average molecular weight is 413 g/mol. The zero-order chi connectivity index (χ0) is 20.9. The van der Waals surface area contributed by atoms with Crippen molar-refractivity contribution in [2.24, 2.45) is 5.92 Å². The van der Waals surface area contributed by atoms with Crippen molar-refractivity contribution in [1.29, 1.82) is 0 Å². The third-order valence-corrected chi connectivity index (χ3v) is 6.23. The SMILES string of the molecule is COc1cccc(C(=O)OCC(=O)N(CC(C)C)C2CCS(=O)(=O)C2)c1OC. The van der Waals surface area contributed by atoms with E-state index in [9.17, 15) is 18.0 Å². The van der Waals surface area contributed by atoms with Gasteiger partial charge in [-0.1, -0.05) is 19.9 Å². The van der Waals surface area contributed by atoms with Crippen LogP contribution in [0.5, 0.6) is 11.5 Å². The number of amides is 1. The molecule has 1 aliphatic heterocycles. The van der Waals surface area contributed by atoms with Gasteiger partial charge in [0.15, 0.2) is 27.9 Å². The second-order valence-corrected chi connectivity index (χ2v) is 9.34. The first kappa shape index (κ1) is 22.0. The lowest BCUT2D eigenvalue weighted by Gasteiger charge is -2.29. The molecule has 28 heavy (non-hydrogen) atoms. The van der Waals surface area contributed by atoms with Gasteiger partial charge in [0.2, 0.25) is 0 Å². The molecule has 1 atom stereocenters. The first-order chi connectivity index (χ1) is 13.2. The number of hydrogen-bond donors (Lipinski definition) is 0. The van der Waals surface area contributed by atoms with Crippen LogP contribution >= 0.6 is 0 Å². The molecular formula is C19H27NO7S. The molecule has 2 rings (SSSR count). The number of hydrogen-bond acceptors (Lipinski definition) is 7. The summed E-state index contributed by atoms with van der Waals surface area (Å²) >= 11 is 0. The number of methoxy groups -OCH3 is 2. The average Bonchev–Trinajstić information content (AvgIpc) is 3.02. The predicted molar refractivity (Wildman–Crippen MR) is 103 cm³/mol. The van der Waals surface area contributed by atoms with E-state index in [1.807, 2.05) is 13.8 Å². The van der Waals surface area contributed by atoms with Gasteiger partial charge in [0.05, 0.1) is 25.7 Å². The van der Waals surface area contributed by atoms with Crippen molar-refractivity contribution >= 4 is 21.7 Å². The van der Waals surface area contributed by atoms with Gasteiger partial charge < -0.3 is 19.1 Å². The molecule has 1 aromatic rings. The largest absolute Gasteiger partial charge is 0.493 e. The lowest BCUT2D eigenvalue weighted by molar-refractivity contribution is -0.137. The van der Waals surface area contributed by atoms with Crippen molar-refractivity contribution in [2.45, 2.75) is 26.3 Å². The van der Waals surface area contributed by atoms with E-state index in [0.29, 0.717) is 18.7 Å². The minimum atomic E-state index is -3.13. The zero-order valence-electron chi connectivity index (χ0n) is 16.6. The van der Waals surface area contributed by atoms with Gasteiger partial charge in [0.25, 0.3) is 5.91 Å². The van der Waals surface area contributed by atoms with Crippen LogP contribution in [0.25, 0.3) is 0 Å². The van der Waals surface area contributed by atoms with Crippen molar-refractivity contribution in [1.82, 2.24) is 4.90 Å². The van der Waals surface area contributed by atoms with Crippen LogP contribution in [-0.4, -0.2) is 70.1 Å². The Kier molecular flexibility index (Phi) is 7.29. The maximum atomic E-state index is 12.7. The molecule has 1 amide bonds. The summed E-state index contributed by atoms with van der Waals surface area (Å²) in [5, 5.41) is 0. The molecule has 0 bridgehead atoms. The molecule has 1 fully saturated rings. The Balaban J connectivity index is 2.09. The smallest absolute Gasteiger partial charge is 0.342 e. The molecule has 1 saturated heterocycles. The van der Waals surface area contributed by atoms with Crippen LogP contribution in [0.15, 0.2) is 18.2 Å². The molecule has 0 aliphatic carbocycles. The Bertz CT molecular complexity index is 820. The fourth-order valence-electron chi connectivity index (χ4n) is 3.20.